The van der Waals surface area contributed by atoms with E-state index in [0.717, 1.165) is 16.8 Å². The van der Waals surface area contributed by atoms with E-state index in [1.807, 2.05) is 61.5 Å². The summed E-state index contributed by atoms with van der Waals surface area (Å²) in [6.07, 6.45) is 0. The van der Waals surface area contributed by atoms with E-state index in [9.17, 15) is 9.18 Å². The Labute approximate surface area is 167 Å². The molecule has 1 aromatic heterocycles. The average molecular weight is 386 g/mol. The van der Waals surface area contributed by atoms with Gasteiger partial charge < -0.3 is 5.32 Å². The number of halogens is 1. The highest BCUT2D eigenvalue weighted by molar-refractivity contribution is 5.91. The van der Waals surface area contributed by atoms with Gasteiger partial charge in [0.15, 0.2) is 5.82 Å². The van der Waals surface area contributed by atoms with Crippen molar-refractivity contribution < 1.29 is 9.18 Å². The predicted molar refractivity (Wildman–Crippen MR) is 109 cm³/mol. The fraction of sp³-hybridized carbons (Fsp3) is 0.0870. The number of benzene rings is 3. The van der Waals surface area contributed by atoms with Crippen molar-refractivity contribution in [1.82, 2.24) is 20.1 Å². The molecule has 0 aliphatic heterocycles. The summed E-state index contributed by atoms with van der Waals surface area (Å²) < 4.78 is 15.0. The summed E-state index contributed by atoms with van der Waals surface area (Å²) in [6, 6.07) is 23.3. The second-order valence-electron chi connectivity index (χ2n) is 6.68. The van der Waals surface area contributed by atoms with Gasteiger partial charge in [-0.1, -0.05) is 48.0 Å². The van der Waals surface area contributed by atoms with E-state index < -0.39 is 0 Å². The molecule has 0 aliphatic rings. The fourth-order valence-corrected chi connectivity index (χ4v) is 2.92. The molecule has 0 aliphatic carbocycles. The largest absolute Gasteiger partial charge is 0.345 e. The number of aryl methyl sites for hydroxylation is 1. The van der Waals surface area contributed by atoms with Crippen LogP contribution in [-0.4, -0.2) is 20.7 Å². The lowest BCUT2D eigenvalue weighted by molar-refractivity contribution is 0.0940. The van der Waals surface area contributed by atoms with Crippen molar-refractivity contribution in [3.8, 4) is 17.1 Å². The lowest BCUT2D eigenvalue weighted by atomic mass is 10.2. The molecule has 6 heteroatoms. The van der Waals surface area contributed by atoms with Gasteiger partial charge in [-0.2, -0.15) is 0 Å². The Kier molecular flexibility index (Phi) is 5.16. The number of nitrogens with one attached hydrogen (secondary N) is 1. The van der Waals surface area contributed by atoms with Gasteiger partial charge in [0.2, 0.25) is 5.82 Å². The lowest BCUT2D eigenvalue weighted by Gasteiger charge is -2.06. The Morgan fingerprint density at radius 1 is 0.966 bits per heavy atom. The third-order valence-electron chi connectivity index (χ3n) is 4.49. The maximum absolute atomic E-state index is 13.4. The Morgan fingerprint density at radius 2 is 1.66 bits per heavy atom. The summed E-state index contributed by atoms with van der Waals surface area (Å²) in [5.41, 5.74) is 3.53. The molecule has 0 bridgehead atoms. The average Bonchev–Trinajstić information content (AvgIpc) is 3.19. The van der Waals surface area contributed by atoms with Gasteiger partial charge >= 0.3 is 0 Å². The van der Waals surface area contributed by atoms with Crippen LogP contribution in [0.15, 0.2) is 78.9 Å². The highest BCUT2D eigenvalue weighted by Crippen LogP contribution is 2.22. The molecule has 0 radical (unpaired) electrons. The molecule has 0 saturated heterocycles. The first-order chi connectivity index (χ1) is 14.1. The van der Waals surface area contributed by atoms with Gasteiger partial charge in [-0.15, -0.1) is 5.10 Å². The van der Waals surface area contributed by atoms with Gasteiger partial charge in [0.25, 0.3) is 5.91 Å². The molecule has 0 unspecified atom stereocenters. The third-order valence-corrected chi connectivity index (χ3v) is 4.49. The molecule has 1 N–H and O–H groups in total. The van der Waals surface area contributed by atoms with Crippen LogP contribution in [0.5, 0.6) is 0 Å². The maximum Gasteiger partial charge on any atom is 0.291 e. The number of carbonyl (C=O) groups is 1. The second-order valence-corrected chi connectivity index (χ2v) is 6.68. The molecule has 29 heavy (non-hydrogen) atoms. The summed E-state index contributed by atoms with van der Waals surface area (Å²) in [6.45, 7) is 2.37. The summed E-state index contributed by atoms with van der Waals surface area (Å²) in [5.74, 6) is -0.182. The van der Waals surface area contributed by atoms with E-state index in [1.165, 1.54) is 12.1 Å². The number of hydrogen-bond acceptors (Lipinski definition) is 3. The van der Waals surface area contributed by atoms with Crippen LogP contribution in [0.2, 0.25) is 0 Å². The first kappa shape index (κ1) is 18.6. The molecule has 4 rings (SSSR count). The van der Waals surface area contributed by atoms with Gasteiger partial charge in [-0.25, -0.2) is 14.1 Å². The molecule has 4 aromatic rings. The van der Waals surface area contributed by atoms with Crippen molar-refractivity contribution in [3.63, 3.8) is 0 Å². The van der Waals surface area contributed by atoms with E-state index in [1.54, 1.807) is 16.8 Å². The van der Waals surface area contributed by atoms with E-state index in [2.05, 4.69) is 15.4 Å². The van der Waals surface area contributed by atoms with Crippen LogP contribution in [0, 0.1) is 12.7 Å². The zero-order chi connectivity index (χ0) is 20.2. The molecule has 5 nitrogen and oxygen atoms in total. The summed E-state index contributed by atoms with van der Waals surface area (Å²) in [5, 5.41) is 7.26. The number of hydrogen-bond donors (Lipinski definition) is 1. The first-order valence-corrected chi connectivity index (χ1v) is 9.22. The molecule has 1 heterocycles. The smallest absolute Gasteiger partial charge is 0.291 e. The fourth-order valence-electron chi connectivity index (χ4n) is 2.92. The van der Waals surface area contributed by atoms with Crippen LogP contribution >= 0.6 is 0 Å². The van der Waals surface area contributed by atoms with Gasteiger partial charge in [-0.05, 0) is 48.9 Å². The van der Waals surface area contributed by atoms with Crippen LogP contribution in [0.25, 0.3) is 17.1 Å². The van der Waals surface area contributed by atoms with E-state index in [0.29, 0.717) is 17.9 Å². The standard InChI is InChI=1S/C23H19FN4O/c1-16-7-13-20(14-8-16)28-22(18-9-11-19(24)12-10-18)26-21(27-28)23(29)25-15-17-5-3-2-4-6-17/h2-14H,15H2,1H3,(H,25,29). The molecule has 144 valence electrons. The maximum atomic E-state index is 13.4. The van der Waals surface area contributed by atoms with Crippen molar-refractivity contribution in [3.05, 3.63) is 102 Å². The van der Waals surface area contributed by atoms with Gasteiger partial charge in [0, 0.05) is 12.1 Å². The lowest BCUT2D eigenvalue weighted by Crippen LogP contribution is -2.24. The minimum Gasteiger partial charge on any atom is -0.345 e. The topological polar surface area (TPSA) is 59.8 Å². The molecule has 3 aromatic carbocycles. The van der Waals surface area contributed by atoms with Crippen molar-refractivity contribution >= 4 is 5.91 Å². The highest BCUT2D eigenvalue weighted by Gasteiger charge is 2.18. The zero-order valence-electron chi connectivity index (χ0n) is 15.8. The van der Waals surface area contributed by atoms with Gasteiger partial charge in [-0.3, -0.25) is 4.79 Å². The third kappa shape index (κ3) is 4.21. The summed E-state index contributed by atoms with van der Waals surface area (Å²) in [4.78, 5) is 17.1. The molecular weight excluding hydrogens is 367 g/mol. The van der Waals surface area contributed by atoms with Crippen molar-refractivity contribution in [2.45, 2.75) is 13.5 Å². The van der Waals surface area contributed by atoms with Crippen LogP contribution < -0.4 is 5.32 Å². The quantitative estimate of drug-likeness (QED) is 0.556. The van der Waals surface area contributed by atoms with Crippen molar-refractivity contribution in [2.24, 2.45) is 0 Å². The second kappa shape index (κ2) is 8.06. The van der Waals surface area contributed by atoms with E-state index in [4.69, 9.17) is 0 Å². The number of aromatic nitrogens is 3. The number of rotatable bonds is 5. The predicted octanol–water partition coefficient (Wildman–Crippen LogP) is 4.31. The van der Waals surface area contributed by atoms with E-state index >= 15 is 0 Å². The van der Waals surface area contributed by atoms with Crippen LogP contribution in [0.1, 0.15) is 21.7 Å². The zero-order valence-corrected chi connectivity index (χ0v) is 15.8. The molecule has 0 spiro atoms. The SMILES string of the molecule is Cc1ccc(-n2nc(C(=O)NCc3ccccc3)nc2-c2ccc(F)cc2)cc1. The van der Waals surface area contributed by atoms with E-state index in [-0.39, 0.29) is 17.5 Å². The molecule has 0 saturated carbocycles. The van der Waals surface area contributed by atoms with Crippen molar-refractivity contribution in [2.75, 3.05) is 0 Å². The first-order valence-electron chi connectivity index (χ1n) is 9.22. The highest BCUT2D eigenvalue weighted by atomic mass is 19.1. The number of amides is 1. The van der Waals surface area contributed by atoms with Crippen molar-refractivity contribution in [1.29, 1.82) is 0 Å². The molecule has 0 fully saturated rings. The minimum absolute atomic E-state index is 0.0563. The molecule has 0 atom stereocenters. The monoisotopic (exact) mass is 386 g/mol. The minimum atomic E-state index is -0.372. The Morgan fingerprint density at radius 3 is 2.34 bits per heavy atom. The summed E-state index contributed by atoms with van der Waals surface area (Å²) >= 11 is 0. The summed E-state index contributed by atoms with van der Waals surface area (Å²) in [7, 11) is 0. The van der Waals surface area contributed by atoms with Gasteiger partial charge in [0.05, 0.1) is 5.69 Å². The van der Waals surface area contributed by atoms with Crippen LogP contribution in [0.4, 0.5) is 4.39 Å². The van der Waals surface area contributed by atoms with Crippen LogP contribution in [0.3, 0.4) is 0 Å². The van der Waals surface area contributed by atoms with Crippen LogP contribution in [-0.2, 0) is 6.54 Å². The Balaban J connectivity index is 1.68. The number of nitrogens with zero attached hydrogens (tertiary/aromatic N) is 3. The molecular formula is C23H19FN4O. The Hall–Kier alpha value is -3.80. The van der Waals surface area contributed by atoms with Gasteiger partial charge in [0.1, 0.15) is 5.82 Å². The molecule has 1 amide bonds. The number of carbonyl (C=O) groups excluding carboxylic acids is 1. The Bertz CT molecular complexity index is 1060. The normalized spacial score (nSPS) is 10.7.